The lowest BCUT2D eigenvalue weighted by atomic mass is 10.2. The molecule has 2 amide bonds. The normalized spacial score (nSPS) is 16.0. The molecule has 1 atom stereocenters. The molecule has 1 N–H and O–H groups in total. The Morgan fingerprint density at radius 1 is 1.16 bits per heavy atom. The van der Waals surface area contributed by atoms with Crippen molar-refractivity contribution in [3.8, 4) is 5.75 Å². The fourth-order valence-corrected chi connectivity index (χ4v) is 3.38. The standard InChI is InChI=1S/C19H28N2O3S/c1-25-14-11-17(19(23)21-12-7-2-3-8-13-21)20-18(22)15-24-16-9-5-4-6-10-16/h4-6,9-10,17H,2-3,7-8,11-15H2,1H3,(H,20,22)/t17-/m1/s1. The summed E-state index contributed by atoms with van der Waals surface area (Å²) >= 11 is 1.68. The van der Waals surface area contributed by atoms with Crippen LogP contribution in [0.25, 0.3) is 0 Å². The summed E-state index contributed by atoms with van der Waals surface area (Å²) in [6.07, 6.45) is 7.10. The van der Waals surface area contributed by atoms with Crippen LogP contribution in [-0.2, 0) is 9.59 Å². The molecule has 1 aliphatic rings. The van der Waals surface area contributed by atoms with E-state index < -0.39 is 6.04 Å². The van der Waals surface area contributed by atoms with Crippen LogP contribution in [0.5, 0.6) is 5.75 Å². The minimum absolute atomic E-state index is 0.0454. The van der Waals surface area contributed by atoms with Gasteiger partial charge >= 0.3 is 0 Å². The molecule has 0 bridgehead atoms. The Hall–Kier alpha value is -1.69. The number of thioether (sulfide) groups is 1. The summed E-state index contributed by atoms with van der Waals surface area (Å²) in [4.78, 5) is 27.0. The first kappa shape index (κ1) is 19.6. The van der Waals surface area contributed by atoms with Gasteiger partial charge < -0.3 is 15.0 Å². The zero-order chi connectivity index (χ0) is 17.9. The second-order valence-corrected chi connectivity index (χ2v) is 7.23. The van der Waals surface area contributed by atoms with Crippen LogP contribution < -0.4 is 10.1 Å². The van der Waals surface area contributed by atoms with E-state index in [0.717, 1.165) is 31.7 Å². The van der Waals surface area contributed by atoms with Gasteiger partial charge in [-0.1, -0.05) is 31.0 Å². The predicted octanol–water partition coefficient (Wildman–Crippen LogP) is 2.71. The third-order valence-corrected chi connectivity index (χ3v) is 4.92. The minimum Gasteiger partial charge on any atom is -0.484 e. The molecule has 0 spiro atoms. The Kier molecular flexibility index (Phi) is 8.66. The molecule has 138 valence electrons. The molecule has 6 heteroatoms. The van der Waals surface area contributed by atoms with Crippen LogP contribution in [-0.4, -0.2) is 54.5 Å². The molecule has 1 heterocycles. The van der Waals surface area contributed by atoms with E-state index in [4.69, 9.17) is 4.74 Å². The van der Waals surface area contributed by atoms with Crippen molar-refractivity contribution in [3.63, 3.8) is 0 Å². The molecular formula is C19H28N2O3S. The lowest BCUT2D eigenvalue weighted by Crippen LogP contribution is -2.50. The molecule has 2 rings (SSSR count). The molecule has 0 radical (unpaired) electrons. The maximum Gasteiger partial charge on any atom is 0.258 e. The zero-order valence-electron chi connectivity index (χ0n) is 14.9. The van der Waals surface area contributed by atoms with Gasteiger partial charge in [0.15, 0.2) is 6.61 Å². The van der Waals surface area contributed by atoms with Crippen molar-refractivity contribution < 1.29 is 14.3 Å². The summed E-state index contributed by atoms with van der Waals surface area (Å²) in [6.45, 7) is 1.52. The SMILES string of the molecule is CSCC[C@@H](NC(=O)COc1ccccc1)C(=O)N1CCCCCC1. The van der Waals surface area contributed by atoms with Crippen molar-refractivity contribution in [1.82, 2.24) is 10.2 Å². The predicted molar refractivity (Wildman–Crippen MR) is 102 cm³/mol. The van der Waals surface area contributed by atoms with Gasteiger partial charge in [0, 0.05) is 13.1 Å². The van der Waals surface area contributed by atoms with E-state index in [0.29, 0.717) is 12.2 Å². The van der Waals surface area contributed by atoms with Gasteiger partial charge in [-0.05, 0) is 43.4 Å². The topological polar surface area (TPSA) is 58.6 Å². The van der Waals surface area contributed by atoms with Gasteiger partial charge in [-0.3, -0.25) is 9.59 Å². The molecule has 1 saturated heterocycles. The summed E-state index contributed by atoms with van der Waals surface area (Å²) in [5, 5.41) is 2.87. The number of amides is 2. The van der Waals surface area contributed by atoms with Crippen LogP contribution in [0.15, 0.2) is 30.3 Å². The molecular weight excluding hydrogens is 336 g/mol. The average Bonchev–Trinajstić information content (AvgIpc) is 2.93. The first-order chi connectivity index (χ1) is 12.2. The molecule has 1 aromatic carbocycles. The lowest BCUT2D eigenvalue weighted by Gasteiger charge is -2.26. The van der Waals surface area contributed by atoms with E-state index in [2.05, 4.69) is 5.32 Å². The maximum absolute atomic E-state index is 12.8. The summed E-state index contributed by atoms with van der Waals surface area (Å²) in [7, 11) is 0. The molecule has 1 aromatic rings. The second kappa shape index (κ2) is 11.0. The van der Waals surface area contributed by atoms with Gasteiger partial charge in [0.2, 0.25) is 5.91 Å². The number of nitrogens with zero attached hydrogens (tertiary/aromatic N) is 1. The average molecular weight is 365 g/mol. The van der Waals surface area contributed by atoms with Crippen LogP contribution >= 0.6 is 11.8 Å². The van der Waals surface area contributed by atoms with Crippen molar-refractivity contribution in [2.75, 3.05) is 31.7 Å². The van der Waals surface area contributed by atoms with Crippen molar-refractivity contribution >= 4 is 23.6 Å². The lowest BCUT2D eigenvalue weighted by molar-refractivity contribution is -0.137. The van der Waals surface area contributed by atoms with Crippen LogP contribution in [0.4, 0.5) is 0 Å². The molecule has 0 unspecified atom stereocenters. The zero-order valence-corrected chi connectivity index (χ0v) is 15.7. The number of nitrogens with one attached hydrogen (secondary N) is 1. The highest BCUT2D eigenvalue weighted by atomic mass is 32.2. The number of rotatable bonds is 8. The molecule has 0 aliphatic carbocycles. The number of para-hydroxylation sites is 1. The first-order valence-corrected chi connectivity index (χ1v) is 10.3. The minimum atomic E-state index is -0.461. The summed E-state index contributed by atoms with van der Waals surface area (Å²) in [5.74, 6) is 1.28. The maximum atomic E-state index is 12.8. The van der Waals surface area contributed by atoms with Gasteiger partial charge in [0.25, 0.3) is 5.91 Å². The van der Waals surface area contributed by atoms with E-state index in [1.54, 1.807) is 23.9 Å². The number of hydrogen-bond acceptors (Lipinski definition) is 4. The summed E-state index contributed by atoms with van der Waals surface area (Å²) < 4.78 is 5.48. The van der Waals surface area contributed by atoms with Crippen LogP contribution in [0.3, 0.4) is 0 Å². The highest BCUT2D eigenvalue weighted by molar-refractivity contribution is 7.98. The summed E-state index contributed by atoms with van der Waals surface area (Å²) in [5.41, 5.74) is 0. The van der Waals surface area contributed by atoms with Gasteiger partial charge in [-0.2, -0.15) is 11.8 Å². The smallest absolute Gasteiger partial charge is 0.258 e. The van der Waals surface area contributed by atoms with E-state index in [1.807, 2.05) is 29.4 Å². The van der Waals surface area contributed by atoms with Crippen molar-refractivity contribution in [3.05, 3.63) is 30.3 Å². The molecule has 0 saturated carbocycles. The van der Waals surface area contributed by atoms with E-state index in [9.17, 15) is 9.59 Å². The fourth-order valence-electron chi connectivity index (χ4n) is 2.91. The van der Waals surface area contributed by atoms with Crippen LogP contribution in [0.1, 0.15) is 32.1 Å². The van der Waals surface area contributed by atoms with E-state index in [-0.39, 0.29) is 18.4 Å². The Labute approximate surface area is 154 Å². The quantitative estimate of drug-likeness (QED) is 0.770. The van der Waals surface area contributed by atoms with E-state index in [1.165, 1.54) is 12.8 Å². The van der Waals surface area contributed by atoms with Crippen LogP contribution in [0, 0.1) is 0 Å². The first-order valence-electron chi connectivity index (χ1n) is 8.95. The highest BCUT2D eigenvalue weighted by Crippen LogP contribution is 2.13. The Balaban J connectivity index is 1.88. The number of likely N-dealkylation sites (tertiary alicyclic amines) is 1. The highest BCUT2D eigenvalue weighted by Gasteiger charge is 2.26. The molecule has 1 aliphatic heterocycles. The van der Waals surface area contributed by atoms with Crippen molar-refractivity contribution in [1.29, 1.82) is 0 Å². The van der Waals surface area contributed by atoms with Crippen molar-refractivity contribution in [2.45, 2.75) is 38.1 Å². The van der Waals surface area contributed by atoms with Crippen molar-refractivity contribution in [2.24, 2.45) is 0 Å². The third-order valence-electron chi connectivity index (χ3n) is 4.27. The third kappa shape index (κ3) is 6.98. The summed E-state index contributed by atoms with van der Waals surface area (Å²) in [6, 6.07) is 8.76. The molecule has 1 fully saturated rings. The van der Waals surface area contributed by atoms with E-state index >= 15 is 0 Å². The Bertz CT molecular complexity index is 531. The number of hydrogen-bond donors (Lipinski definition) is 1. The largest absolute Gasteiger partial charge is 0.484 e. The second-order valence-electron chi connectivity index (χ2n) is 6.24. The Morgan fingerprint density at radius 2 is 1.84 bits per heavy atom. The number of ether oxygens (including phenoxy) is 1. The fraction of sp³-hybridized carbons (Fsp3) is 0.579. The van der Waals surface area contributed by atoms with Gasteiger partial charge in [0.1, 0.15) is 11.8 Å². The number of carbonyl (C=O) groups excluding carboxylic acids is 2. The molecule has 25 heavy (non-hydrogen) atoms. The van der Waals surface area contributed by atoms with Gasteiger partial charge in [0.05, 0.1) is 0 Å². The number of benzene rings is 1. The monoisotopic (exact) mass is 364 g/mol. The van der Waals surface area contributed by atoms with Gasteiger partial charge in [-0.25, -0.2) is 0 Å². The van der Waals surface area contributed by atoms with Gasteiger partial charge in [-0.15, -0.1) is 0 Å². The molecule has 5 nitrogen and oxygen atoms in total. The number of carbonyl (C=O) groups is 2. The molecule has 0 aromatic heterocycles. The van der Waals surface area contributed by atoms with Crippen LogP contribution in [0.2, 0.25) is 0 Å². The Morgan fingerprint density at radius 3 is 2.48 bits per heavy atom.